The molecule has 0 saturated carbocycles. The predicted molar refractivity (Wildman–Crippen MR) is 77.0 cm³/mol. The molecule has 0 radical (unpaired) electrons. The predicted octanol–water partition coefficient (Wildman–Crippen LogP) is 2.81. The van der Waals surface area contributed by atoms with Gasteiger partial charge in [0.25, 0.3) is 0 Å². The summed E-state index contributed by atoms with van der Waals surface area (Å²) in [5.74, 6) is -0.694. The van der Waals surface area contributed by atoms with Gasteiger partial charge in [-0.15, -0.1) is 0 Å². The molecule has 0 amide bonds. The van der Waals surface area contributed by atoms with Crippen LogP contribution in [-0.4, -0.2) is 30.0 Å². The van der Waals surface area contributed by atoms with Crippen LogP contribution in [0.15, 0.2) is 0 Å². The maximum atomic E-state index is 11.5. The molecule has 0 bridgehead atoms. The van der Waals surface area contributed by atoms with Gasteiger partial charge in [-0.2, -0.15) is 5.48 Å². The summed E-state index contributed by atoms with van der Waals surface area (Å²) in [5.41, 5.74) is 2.97. The highest BCUT2D eigenvalue weighted by Gasteiger charge is 2.32. The molecule has 0 spiro atoms. The minimum Gasteiger partial charge on any atom is -0.481 e. The minimum absolute atomic E-state index is 0.179. The Kier molecular flexibility index (Phi) is 7.48. The van der Waals surface area contributed by atoms with E-state index >= 15 is 0 Å². The SMILES string of the molecule is CC(C)CC(C(=O)O)C(NOC1CCCCO1)C(C)C. The first-order valence-electron chi connectivity index (χ1n) is 7.67. The van der Waals surface area contributed by atoms with Crippen molar-refractivity contribution in [3.63, 3.8) is 0 Å². The molecule has 1 heterocycles. The van der Waals surface area contributed by atoms with Crippen LogP contribution in [0.1, 0.15) is 53.4 Å². The van der Waals surface area contributed by atoms with Gasteiger partial charge in [0, 0.05) is 19.1 Å². The first-order chi connectivity index (χ1) is 9.41. The molecule has 3 unspecified atom stereocenters. The van der Waals surface area contributed by atoms with Crippen LogP contribution in [-0.2, 0) is 14.4 Å². The minimum atomic E-state index is -0.766. The number of hydroxylamine groups is 1. The molecule has 20 heavy (non-hydrogen) atoms. The maximum absolute atomic E-state index is 11.5. The van der Waals surface area contributed by atoms with Crippen LogP contribution in [0.5, 0.6) is 0 Å². The van der Waals surface area contributed by atoms with Gasteiger partial charge in [-0.05, 0) is 31.1 Å². The molecule has 1 aliphatic heterocycles. The van der Waals surface area contributed by atoms with Gasteiger partial charge in [0.2, 0.25) is 0 Å². The van der Waals surface area contributed by atoms with Crippen LogP contribution in [0.4, 0.5) is 0 Å². The third-order valence-electron chi connectivity index (χ3n) is 3.67. The molecule has 0 aromatic rings. The smallest absolute Gasteiger partial charge is 0.308 e. The maximum Gasteiger partial charge on any atom is 0.308 e. The fraction of sp³-hybridized carbons (Fsp3) is 0.933. The van der Waals surface area contributed by atoms with E-state index in [4.69, 9.17) is 9.57 Å². The topological polar surface area (TPSA) is 67.8 Å². The highest BCUT2D eigenvalue weighted by molar-refractivity contribution is 5.70. The van der Waals surface area contributed by atoms with E-state index in [1.807, 2.05) is 27.7 Å². The Bertz CT molecular complexity index is 288. The second-order valence-corrected chi connectivity index (χ2v) is 6.38. The fourth-order valence-electron chi connectivity index (χ4n) is 2.55. The van der Waals surface area contributed by atoms with Crippen molar-refractivity contribution in [1.82, 2.24) is 5.48 Å². The lowest BCUT2D eigenvalue weighted by molar-refractivity contribution is -0.210. The first-order valence-corrected chi connectivity index (χ1v) is 7.67. The second-order valence-electron chi connectivity index (χ2n) is 6.38. The molecule has 5 heteroatoms. The molecule has 1 aliphatic rings. The summed E-state index contributed by atoms with van der Waals surface area (Å²) in [7, 11) is 0. The zero-order valence-corrected chi connectivity index (χ0v) is 13.1. The lowest BCUT2D eigenvalue weighted by Gasteiger charge is -2.31. The quantitative estimate of drug-likeness (QED) is 0.672. The molecule has 0 aliphatic carbocycles. The Morgan fingerprint density at radius 1 is 1.35 bits per heavy atom. The normalized spacial score (nSPS) is 23.0. The average Bonchev–Trinajstić information content (AvgIpc) is 2.38. The van der Waals surface area contributed by atoms with Gasteiger partial charge >= 0.3 is 5.97 Å². The Balaban J connectivity index is 2.58. The van der Waals surface area contributed by atoms with E-state index in [0.29, 0.717) is 18.9 Å². The number of carbonyl (C=O) groups is 1. The van der Waals surface area contributed by atoms with Gasteiger partial charge in [0.05, 0.1) is 5.92 Å². The second kappa shape index (κ2) is 8.60. The van der Waals surface area contributed by atoms with Crippen LogP contribution in [0.25, 0.3) is 0 Å². The summed E-state index contributed by atoms with van der Waals surface area (Å²) in [4.78, 5) is 17.1. The number of hydrogen-bond acceptors (Lipinski definition) is 4. The summed E-state index contributed by atoms with van der Waals surface area (Å²) >= 11 is 0. The van der Waals surface area contributed by atoms with E-state index in [9.17, 15) is 9.90 Å². The van der Waals surface area contributed by atoms with Gasteiger partial charge in [0.1, 0.15) is 0 Å². The molecule has 0 aromatic heterocycles. The molecule has 2 N–H and O–H groups in total. The first kappa shape index (κ1) is 17.4. The van der Waals surface area contributed by atoms with Crippen LogP contribution in [0.3, 0.4) is 0 Å². The highest BCUT2D eigenvalue weighted by Crippen LogP contribution is 2.22. The number of ether oxygens (including phenoxy) is 1. The van der Waals surface area contributed by atoms with Gasteiger partial charge in [-0.3, -0.25) is 9.63 Å². The molecule has 0 aromatic carbocycles. The monoisotopic (exact) mass is 287 g/mol. The molecule has 1 saturated heterocycles. The number of carboxylic acid groups (broad SMARTS) is 1. The van der Waals surface area contributed by atoms with Gasteiger partial charge < -0.3 is 9.84 Å². The zero-order valence-electron chi connectivity index (χ0n) is 13.1. The molecule has 3 atom stereocenters. The van der Waals surface area contributed by atoms with Crippen molar-refractivity contribution in [2.24, 2.45) is 17.8 Å². The van der Waals surface area contributed by atoms with Crippen LogP contribution in [0.2, 0.25) is 0 Å². The molecule has 1 rings (SSSR count). The van der Waals surface area contributed by atoms with Crippen molar-refractivity contribution in [2.45, 2.75) is 65.7 Å². The number of nitrogens with one attached hydrogen (secondary N) is 1. The molecule has 118 valence electrons. The van der Waals surface area contributed by atoms with E-state index in [-0.39, 0.29) is 18.2 Å². The number of carboxylic acids is 1. The Morgan fingerprint density at radius 2 is 2.05 bits per heavy atom. The molecule has 1 fully saturated rings. The Labute approximate surface area is 122 Å². The van der Waals surface area contributed by atoms with Crippen molar-refractivity contribution < 1.29 is 19.5 Å². The highest BCUT2D eigenvalue weighted by atomic mass is 16.8. The standard InChI is InChI=1S/C15H29NO4/c1-10(2)9-12(15(17)18)14(11(3)4)16-20-13-7-5-6-8-19-13/h10-14,16H,5-9H2,1-4H3,(H,17,18). The zero-order chi connectivity index (χ0) is 15.1. The summed E-state index contributed by atoms with van der Waals surface area (Å²) in [6.45, 7) is 8.82. The van der Waals surface area contributed by atoms with Crippen molar-refractivity contribution in [3.05, 3.63) is 0 Å². The van der Waals surface area contributed by atoms with Crippen LogP contribution in [0, 0.1) is 17.8 Å². The van der Waals surface area contributed by atoms with Gasteiger partial charge in [-0.25, -0.2) is 0 Å². The van der Waals surface area contributed by atoms with E-state index in [1.54, 1.807) is 0 Å². The Hall–Kier alpha value is -0.650. The Morgan fingerprint density at radius 3 is 2.50 bits per heavy atom. The average molecular weight is 287 g/mol. The number of aliphatic carboxylic acids is 1. The van der Waals surface area contributed by atoms with Crippen molar-refractivity contribution in [1.29, 1.82) is 0 Å². The fourth-order valence-corrected chi connectivity index (χ4v) is 2.55. The number of rotatable bonds is 8. The van der Waals surface area contributed by atoms with E-state index in [1.165, 1.54) is 0 Å². The van der Waals surface area contributed by atoms with Crippen molar-refractivity contribution in [3.8, 4) is 0 Å². The van der Waals surface area contributed by atoms with Crippen LogP contribution >= 0.6 is 0 Å². The van der Waals surface area contributed by atoms with Gasteiger partial charge in [-0.1, -0.05) is 27.7 Å². The van der Waals surface area contributed by atoms with Crippen molar-refractivity contribution >= 4 is 5.97 Å². The molecular weight excluding hydrogens is 258 g/mol. The van der Waals surface area contributed by atoms with Gasteiger partial charge in [0.15, 0.2) is 6.29 Å². The lowest BCUT2D eigenvalue weighted by atomic mass is 9.85. The molecule has 5 nitrogen and oxygen atoms in total. The lowest BCUT2D eigenvalue weighted by Crippen LogP contribution is -2.46. The van der Waals surface area contributed by atoms with E-state index in [2.05, 4.69) is 5.48 Å². The van der Waals surface area contributed by atoms with E-state index in [0.717, 1.165) is 19.3 Å². The number of hydrogen-bond donors (Lipinski definition) is 2. The third kappa shape index (κ3) is 5.77. The summed E-state index contributed by atoms with van der Waals surface area (Å²) in [6, 6.07) is -0.208. The third-order valence-corrected chi connectivity index (χ3v) is 3.67. The summed E-state index contributed by atoms with van der Waals surface area (Å²) < 4.78 is 5.50. The summed E-state index contributed by atoms with van der Waals surface area (Å²) in [5, 5.41) is 9.45. The van der Waals surface area contributed by atoms with E-state index < -0.39 is 11.9 Å². The van der Waals surface area contributed by atoms with Crippen LogP contribution < -0.4 is 5.48 Å². The largest absolute Gasteiger partial charge is 0.481 e. The van der Waals surface area contributed by atoms with Crippen molar-refractivity contribution in [2.75, 3.05) is 6.61 Å². The molecular formula is C15H29NO4. The summed E-state index contributed by atoms with van der Waals surface area (Å²) in [6.07, 6.45) is 3.41.